The summed E-state index contributed by atoms with van der Waals surface area (Å²) >= 11 is 0. The predicted molar refractivity (Wildman–Crippen MR) is 136 cm³/mol. The normalized spacial score (nSPS) is 26.7. The molecule has 2 aliphatic rings. The van der Waals surface area contributed by atoms with Gasteiger partial charge in [-0.2, -0.15) is 0 Å². The van der Waals surface area contributed by atoms with E-state index in [2.05, 4.69) is 25.8 Å². The molecule has 6 nitrogen and oxygen atoms in total. The van der Waals surface area contributed by atoms with Gasteiger partial charge in [0.2, 0.25) is 0 Å². The van der Waals surface area contributed by atoms with Crippen LogP contribution in [0.2, 0.25) is 0 Å². The Balaban J connectivity index is 1.79. The van der Waals surface area contributed by atoms with E-state index in [0.717, 1.165) is 24.9 Å². The first kappa shape index (κ1) is 25.2. The molecule has 1 saturated carbocycles. The molecule has 2 aromatic rings. The van der Waals surface area contributed by atoms with Crippen LogP contribution < -0.4 is 0 Å². The van der Waals surface area contributed by atoms with E-state index >= 15 is 0 Å². The lowest BCUT2D eigenvalue weighted by Gasteiger charge is -2.60. The van der Waals surface area contributed by atoms with Crippen LogP contribution >= 0.6 is 0 Å². The van der Waals surface area contributed by atoms with Crippen molar-refractivity contribution in [2.45, 2.75) is 63.5 Å². The number of aromatic hydroxyl groups is 1. The number of rotatable bonds is 6. The molecule has 1 aliphatic carbocycles. The number of ether oxygens (including phenoxy) is 1. The third-order valence-electron chi connectivity index (χ3n) is 7.81. The van der Waals surface area contributed by atoms with Crippen LogP contribution in [0.4, 0.5) is 0 Å². The molecule has 0 bridgehead atoms. The predicted octanol–water partition coefficient (Wildman–Crippen LogP) is 4.62. The lowest BCUT2D eigenvalue weighted by molar-refractivity contribution is -0.187. The van der Waals surface area contributed by atoms with Crippen molar-refractivity contribution in [3.05, 3.63) is 65.7 Å². The van der Waals surface area contributed by atoms with Crippen LogP contribution in [-0.4, -0.2) is 65.1 Å². The monoisotopic (exact) mass is 478 g/mol. The number of amides is 1. The molecular weight excluding hydrogens is 440 g/mol. The average Bonchev–Trinajstić information content (AvgIpc) is 2.82. The molecule has 0 aromatic heterocycles. The minimum absolute atomic E-state index is 0.000422. The number of nitrogens with zero attached hydrogens (tertiary/aromatic N) is 2. The van der Waals surface area contributed by atoms with Crippen molar-refractivity contribution >= 4 is 11.9 Å². The van der Waals surface area contributed by atoms with Gasteiger partial charge in [0.25, 0.3) is 5.91 Å². The van der Waals surface area contributed by atoms with E-state index in [-0.39, 0.29) is 23.7 Å². The Labute approximate surface area is 208 Å². The Morgan fingerprint density at radius 1 is 1.14 bits per heavy atom. The Morgan fingerprint density at radius 3 is 2.54 bits per heavy atom. The van der Waals surface area contributed by atoms with E-state index in [0.29, 0.717) is 37.4 Å². The Hall–Kier alpha value is -2.86. The maximum atomic E-state index is 13.7. The van der Waals surface area contributed by atoms with Crippen LogP contribution in [0.25, 0.3) is 0 Å². The summed E-state index contributed by atoms with van der Waals surface area (Å²) in [5, 5.41) is 10.4. The highest BCUT2D eigenvalue weighted by molar-refractivity contribution is 5.94. The molecule has 6 heteroatoms. The molecule has 2 fully saturated rings. The van der Waals surface area contributed by atoms with Gasteiger partial charge in [-0.05, 0) is 75.0 Å². The number of benzene rings is 2. The summed E-state index contributed by atoms with van der Waals surface area (Å²) in [6.45, 7) is 7.89. The Bertz CT molecular complexity index is 1060. The first-order valence-corrected chi connectivity index (χ1v) is 12.7. The number of esters is 1. The van der Waals surface area contributed by atoms with Crippen molar-refractivity contribution < 1.29 is 19.4 Å². The second-order valence-electron chi connectivity index (χ2n) is 10.8. The third kappa shape index (κ3) is 4.94. The van der Waals surface area contributed by atoms with Crippen LogP contribution in [0.5, 0.6) is 5.75 Å². The summed E-state index contributed by atoms with van der Waals surface area (Å²) in [6.07, 6.45) is 2.88. The zero-order valence-electron chi connectivity index (χ0n) is 21.4. The van der Waals surface area contributed by atoms with Crippen molar-refractivity contribution in [1.29, 1.82) is 0 Å². The summed E-state index contributed by atoms with van der Waals surface area (Å²) in [5.74, 6) is 0.275. The number of piperidine rings is 1. The highest BCUT2D eigenvalue weighted by atomic mass is 16.6. The van der Waals surface area contributed by atoms with E-state index in [4.69, 9.17) is 4.74 Å². The molecule has 35 heavy (non-hydrogen) atoms. The Kier molecular flexibility index (Phi) is 7.22. The lowest BCUT2D eigenvalue weighted by Crippen LogP contribution is -2.68. The molecule has 2 aromatic carbocycles. The molecule has 3 atom stereocenters. The first-order valence-electron chi connectivity index (χ1n) is 12.7. The third-order valence-corrected chi connectivity index (χ3v) is 7.81. The van der Waals surface area contributed by atoms with Gasteiger partial charge in [0, 0.05) is 37.0 Å². The zero-order valence-corrected chi connectivity index (χ0v) is 21.4. The smallest absolute Gasteiger partial charge is 0.303 e. The van der Waals surface area contributed by atoms with E-state index in [1.807, 2.05) is 53.4 Å². The standard InChI is InChI=1S/C29H38N2O4/c1-21(2)19-31(27(34)23-9-6-5-7-10-23)25-13-14-29(35-22(3)32)20-30(4)16-15-28(29,18-25)24-11-8-12-26(33)17-24/h5-12,17,21,25,33H,13-16,18-20H2,1-4H3/t25-,28-,29-/m0/s1. The van der Waals surface area contributed by atoms with E-state index in [9.17, 15) is 14.7 Å². The van der Waals surface area contributed by atoms with E-state index in [1.54, 1.807) is 6.07 Å². The minimum Gasteiger partial charge on any atom is -0.508 e. The van der Waals surface area contributed by atoms with Crippen LogP contribution in [-0.2, 0) is 14.9 Å². The number of carbonyl (C=O) groups is 2. The van der Waals surface area contributed by atoms with Gasteiger partial charge in [-0.1, -0.05) is 44.2 Å². The number of carbonyl (C=O) groups excluding carboxylic acids is 2. The molecular formula is C29H38N2O4. The highest BCUT2D eigenvalue weighted by Gasteiger charge is 2.61. The topological polar surface area (TPSA) is 70.1 Å². The summed E-state index contributed by atoms with van der Waals surface area (Å²) in [4.78, 5) is 30.4. The lowest BCUT2D eigenvalue weighted by atomic mass is 9.55. The molecule has 1 amide bonds. The number of hydrogen-bond donors (Lipinski definition) is 1. The molecule has 1 N–H and O–H groups in total. The minimum atomic E-state index is -0.713. The van der Waals surface area contributed by atoms with Gasteiger partial charge >= 0.3 is 5.97 Å². The van der Waals surface area contributed by atoms with E-state index in [1.165, 1.54) is 6.92 Å². The SMILES string of the molecule is CC(=O)O[C@]12CC[C@H](N(CC(C)C)C(=O)c3ccccc3)C[C@]1(c1cccc(O)c1)CCN(C)C2. The van der Waals surface area contributed by atoms with Crippen LogP contribution in [0.15, 0.2) is 54.6 Å². The second kappa shape index (κ2) is 10.0. The Morgan fingerprint density at radius 2 is 1.89 bits per heavy atom. The summed E-state index contributed by atoms with van der Waals surface area (Å²) in [6, 6.07) is 16.9. The quantitative estimate of drug-likeness (QED) is 0.614. The van der Waals surface area contributed by atoms with Crippen LogP contribution in [0.3, 0.4) is 0 Å². The summed E-state index contributed by atoms with van der Waals surface area (Å²) in [5.41, 5.74) is 0.460. The number of phenols is 1. The van der Waals surface area contributed by atoms with Crippen molar-refractivity contribution in [2.75, 3.05) is 26.7 Å². The molecule has 0 unspecified atom stereocenters. The number of likely N-dealkylation sites (tertiary alicyclic amines) is 1. The van der Waals surface area contributed by atoms with Crippen molar-refractivity contribution in [1.82, 2.24) is 9.80 Å². The van der Waals surface area contributed by atoms with Crippen molar-refractivity contribution in [2.24, 2.45) is 5.92 Å². The highest BCUT2D eigenvalue weighted by Crippen LogP contribution is 2.54. The van der Waals surface area contributed by atoms with Gasteiger partial charge < -0.3 is 19.6 Å². The molecule has 188 valence electrons. The summed E-state index contributed by atoms with van der Waals surface area (Å²) < 4.78 is 6.24. The molecule has 1 heterocycles. The van der Waals surface area contributed by atoms with E-state index < -0.39 is 11.0 Å². The van der Waals surface area contributed by atoms with Gasteiger partial charge in [-0.3, -0.25) is 9.59 Å². The van der Waals surface area contributed by atoms with Gasteiger partial charge in [0.05, 0.1) is 0 Å². The fourth-order valence-corrected chi connectivity index (χ4v) is 6.38. The molecule has 1 saturated heterocycles. The van der Waals surface area contributed by atoms with Crippen molar-refractivity contribution in [3.8, 4) is 5.75 Å². The fraction of sp³-hybridized carbons (Fsp3) is 0.517. The number of likely N-dealkylation sites (N-methyl/N-ethyl adjacent to an activating group) is 1. The van der Waals surface area contributed by atoms with Gasteiger partial charge in [-0.15, -0.1) is 0 Å². The number of hydrogen-bond acceptors (Lipinski definition) is 5. The fourth-order valence-electron chi connectivity index (χ4n) is 6.38. The second-order valence-corrected chi connectivity index (χ2v) is 10.8. The average molecular weight is 479 g/mol. The van der Waals surface area contributed by atoms with Gasteiger partial charge in [0.15, 0.2) is 0 Å². The molecule has 4 rings (SSSR count). The van der Waals surface area contributed by atoms with Gasteiger partial charge in [0.1, 0.15) is 11.4 Å². The van der Waals surface area contributed by atoms with Crippen LogP contribution in [0, 0.1) is 5.92 Å². The van der Waals surface area contributed by atoms with Crippen LogP contribution in [0.1, 0.15) is 62.4 Å². The molecule has 1 aliphatic heterocycles. The molecule has 0 spiro atoms. The largest absolute Gasteiger partial charge is 0.508 e. The summed E-state index contributed by atoms with van der Waals surface area (Å²) in [7, 11) is 2.06. The molecule has 0 radical (unpaired) electrons. The number of phenolic OH excluding ortho intramolecular Hbond substituents is 1. The zero-order chi connectivity index (χ0) is 25.2. The van der Waals surface area contributed by atoms with Crippen molar-refractivity contribution in [3.63, 3.8) is 0 Å². The van der Waals surface area contributed by atoms with Gasteiger partial charge in [-0.25, -0.2) is 0 Å². The number of fused-ring (bicyclic) bond motifs is 1. The maximum absolute atomic E-state index is 13.7. The maximum Gasteiger partial charge on any atom is 0.303 e. The first-order chi connectivity index (χ1) is 16.7.